The second kappa shape index (κ2) is 8.24. The largest absolute Gasteiger partial charge is 0.493 e. The fraction of sp³-hybridized carbons (Fsp3) is 0.450. The standard InChI is InChI=1S/C20H26N4O3/c1-5-20(25)24-9-8-23(12-15(24)3)18-11-19(22-13-21-18)27-16-7-6-14(2)10-17(16)26-4/h6-7,10-11,13,15H,5,8-9,12H2,1-4H3. The summed E-state index contributed by atoms with van der Waals surface area (Å²) in [6.45, 7) is 8.12. The fourth-order valence-electron chi connectivity index (χ4n) is 3.27. The van der Waals surface area contributed by atoms with Gasteiger partial charge < -0.3 is 19.3 Å². The Bertz CT molecular complexity index is 812. The Morgan fingerprint density at radius 2 is 2.04 bits per heavy atom. The highest BCUT2D eigenvalue weighted by Crippen LogP contribution is 2.32. The number of aryl methyl sites for hydroxylation is 1. The number of ether oxygens (including phenoxy) is 2. The molecule has 1 aromatic carbocycles. The molecule has 0 bridgehead atoms. The van der Waals surface area contributed by atoms with Crippen LogP contribution in [0.4, 0.5) is 5.82 Å². The summed E-state index contributed by atoms with van der Waals surface area (Å²) in [6, 6.07) is 7.72. The van der Waals surface area contributed by atoms with E-state index in [0.717, 1.165) is 24.5 Å². The van der Waals surface area contributed by atoms with Gasteiger partial charge >= 0.3 is 0 Å². The number of carbonyl (C=O) groups is 1. The lowest BCUT2D eigenvalue weighted by Gasteiger charge is -2.40. The van der Waals surface area contributed by atoms with Gasteiger partial charge in [-0.05, 0) is 31.5 Å². The summed E-state index contributed by atoms with van der Waals surface area (Å²) in [4.78, 5) is 24.7. The molecule has 2 heterocycles. The summed E-state index contributed by atoms with van der Waals surface area (Å²) in [6.07, 6.45) is 2.04. The molecule has 27 heavy (non-hydrogen) atoms. The van der Waals surface area contributed by atoms with Gasteiger partial charge in [0.1, 0.15) is 12.1 Å². The molecule has 1 aromatic heterocycles. The molecule has 0 saturated carbocycles. The zero-order chi connectivity index (χ0) is 19.4. The van der Waals surface area contributed by atoms with Gasteiger partial charge in [-0.15, -0.1) is 0 Å². The van der Waals surface area contributed by atoms with E-state index in [2.05, 4.69) is 21.8 Å². The van der Waals surface area contributed by atoms with E-state index in [0.29, 0.717) is 30.3 Å². The van der Waals surface area contributed by atoms with Crippen molar-refractivity contribution in [3.05, 3.63) is 36.2 Å². The SMILES string of the molecule is CCC(=O)N1CCN(c2cc(Oc3ccc(C)cc3OC)ncn2)CC1C. The van der Waals surface area contributed by atoms with Crippen molar-refractivity contribution in [3.8, 4) is 17.4 Å². The van der Waals surface area contributed by atoms with Gasteiger partial charge in [0.15, 0.2) is 11.5 Å². The van der Waals surface area contributed by atoms with Gasteiger partial charge in [-0.3, -0.25) is 4.79 Å². The second-order valence-corrected chi connectivity index (χ2v) is 6.71. The first kappa shape index (κ1) is 18.9. The van der Waals surface area contributed by atoms with E-state index in [1.165, 1.54) is 6.33 Å². The van der Waals surface area contributed by atoms with E-state index in [1.807, 2.05) is 43.0 Å². The Labute approximate surface area is 159 Å². The third-order valence-corrected chi connectivity index (χ3v) is 4.74. The summed E-state index contributed by atoms with van der Waals surface area (Å²) in [5.41, 5.74) is 1.09. The van der Waals surface area contributed by atoms with Crippen molar-refractivity contribution in [3.63, 3.8) is 0 Å². The molecule has 1 aliphatic heterocycles. The zero-order valence-electron chi connectivity index (χ0n) is 16.3. The highest BCUT2D eigenvalue weighted by molar-refractivity contribution is 5.76. The lowest BCUT2D eigenvalue weighted by atomic mass is 10.1. The van der Waals surface area contributed by atoms with Crippen molar-refractivity contribution >= 4 is 11.7 Å². The average Bonchev–Trinajstić information content (AvgIpc) is 2.69. The van der Waals surface area contributed by atoms with E-state index >= 15 is 0 Å². The Hall–Kier alpha value is -2.83. The van der Waals surface area contributed by atoms with Crippen molar-refractivity contribution in [1.82, 2.24) is 14.9 Å². The Balaban J connectivity index is 1.74. The van der Waals surface area contributed by atoms with Gasteiger partial charge in [-0.1, -0.05) is 13.0 Å². The molecule has 0 radical (unpaired) electrons. The van der Waals surface area contributed by atoms with Crippen LogP contribution in [0.25, 0.3) is 0 Å². The van der Waals surface area contributed by atoms with Crippen LogP contribution in [0.15, 0.2) is 30.6 Å². The van der Waals surface area contributed by atoms with E-state index in [9.17, 15) is 4.79 Å². The van der Waals surface area contributed by atoms with Gasteiger partial charge in [0.2, 0.25) is 11.8 Å². The molecule has 1 saturated heterocycles. The van der Waals surface area contributed by atoms with Gasteiger partial charge in [0.05, 0.1) is 7.11 Å². The van der Waals surface area contributed by atoms with Crippen molar-refractivity contribution in [2.45, 2.75) is 33.2 Å². The molecule has 7 nitrogen and oxygen atoms in total. The maximum Gasteiger partial charge on any atom is 0.224 e. The molecule has 0 N–H and O–H groups in total. The summed E-state index contributed by atoms with van der Waals surface area (Å²) in [5.74, 6) is 2.72. The van der Waals surface area contributed by atoms with Crippen LogP contribution in [-0.2, 0) is 4.79 Å². The summed E-state index contributed by atoms with van der Waals surface area (Å²) >= 11 is 0. The molecule has 144 valence electrons. The predicted molar refractivity (Wildman–Crippen MR) is 104 cm³/mol. The number of benzene rings is 1. The molecule has 1 atom stereocenters. The van der Waals surface area contributed by atoms with Crippen LogP contribution in [0.2, 0.25) is 0 Å². The number of amides is 1. The molecular formula is C20H26N4O3. The Morgan fingerprint density at radius 3 is 2.74 bits per heavy atom. The van der Waals surface area contributed by atoms with Crippen LogP contribution in [-0.4, -0.2) is 53.6 Å². The molecule has 1 aliphatic rings. The van der Waals surface area contributed by atoms with Gasteiger partial charge in [-0.2, -0.15) is 0 Å². The summed E-state index contributed by atoms with van der Waals surface area (Å²) < 4.78 is 11.3. The first-order valence-corrected chi connectivity index (χ1v) is 9.20. The minimum absolute atomic E-state index is 0.141. The number of aromatic nitrogens is 2. The molecule has 1 unspecified atom stereocenters. The molecule has 1 fully saturated rings. The van der Waals surface area contributed by atoms with Crippen LogP contribution in [0, 0.1) is 6.92 Å². The van der Waals surface area contributed by atoms with Crippen LogP contribution in [0.3, 0.4) is 0 Å². The van der Waals surface area contributed by atoms with Crippen LogP contribution in [0.5, 0.6) is 17.4 Å². The maximum absolute atomic E-state index is 12.0. The van der Waals surface area contributed by atoms with Crippen LogP contribution < -0.4 is 14.4 Å². The zero-order valence-corrected chi connectivity index (χ0v) is 16.3. The van der Waals surface area contributed by atoms with E-state index in [1.54, 1.807) is 7.11 Å². The molecule has 1 amide bonds. The molecule has 2 aromatic rings. The number of hydrogen-bond acceptors (Lipinski definition) is 6. The first-order chi connectivity index (χ1) is 13.0. The Kier molecular flexibility index (Phi) is 5.78. The second-order valence-electron chi connectivity index (χ2n) is 6.71. The predicted octanol–water partition coefficient (Wildman–Crippen LogP) is 3.03. The fourth-order valence-corrected chi connectivity index (χ4v) is 3.27. The topological polar surface area (TPSA) is 67.8 Å². The number of rotatable bonds is 5. The quantitative estimate of drug-likeness (QED) is 0.806. The number of nitrogens with zero attached hydrogens (tertiary/aromatic N) is 4. The number of anilines is 1. The van der Waals surface area contributed by atoms with Gasteiger partial charge in [0, 0.05) is 38.2 Å². The molecule has 0 spiro atoms. The van der Waals surface area contributed by atoms with Crippen LogP contribution >= 0.6 is 0 Å². The average molecular weight is 370 g/mol. The highest BCUT2D eigenvalue weighted by atomic mass is 16.5. The van der Waals surface area contributed by atoms with Crippen molar-refractivity contribution in [1.29, 1.82) is 0 Å². The normalized spacial score (nSPS) is 17.0. The van der Waals surface area contributed by atoms with E-state index in [4.69, 9.17) is 9.47 Å². The van der Waals surface area contributed by atoms with Crippen molar-refractivity contribution in [2.24, 2.45) is 0 Å². The molecule has 7 heteroatoms. The van der Waals surface area contributed by atoms with Crippen molar-refractivity contribution < 1.29 is 14.3 Å². The molecule has 3 rings (SSSR count). The van der Waals surface area contributed by atoms with Gasteiger partial charge in [0.25, 0.3) is 0 Å². The Morgan fingerprint density at radius 1 is 1.22 bits per heavy atom. The minimum atomic E-state index is 0.141. The molecular weight excluding hydrogens is 344 g/mol. The summed E-state index contributed by atoms with van der Waals surface area (Å²) in [7, 11) is 1.62. The number of hydrogen-bond donors (Lipinski definition) is 0. The monoisotopic (exact) mass is 370 g/mol. The van der Waals surface area contributed by atoms with E-state index < -0.39 is 0 Å². The number of piperazine rings is 1. The maximum atomic E-state index is 12.0. The third kappa shape index (κ3) is 4.30. The van der Waals surface area contributed by atoms with Crippen molar-refractivity contribution in [2.75, 3.05) is 31.6 Å². The minimum Gasteiger partial charge on any atom is -0.493 e. The van der Waals surface area contributed by atoms with Gasteiger partial charge in [-0.25, -0.2) is 9.97 Å². The number of methoxy groups -OCH3 is 1. The first-order valence-electron chi connectivity index (χ1n) is 9.20. The lowest BCUT2D eigenvalue weighted by molar-refractivity contribution is -0.133. The smallest absolute Gasteiger partial charge is 0.224 e. The van der Waals surface area contributed by atoms with Crippen LogP contribution in [0.1, 0.15) is 25.8 Å². The lowest BCUT2D eigenvalue weighted by Crippen LogP contribution is -2.54. The summed E-state index contributed by atoms with van der Waals surface area (Å²) in [5, 5.41) is 0. The third-order valence-electron chi connectivity index (χ3n) is 4.74. The van der Waals surface area contributed by atoms with E-state index in [-0.39, 0.29) is 11.9 Å². The number of carbonyl (C=O) groups excluding carboxylic acids is 1. The molecule has 0 aliphatic carbocycles. The highest BCUT2D eigenvalue weighted by Gasteiger charge is 2.27.